The number of benzene rings is 1. The van der Waals surface area contributed by atoms with Gasteiger partial charge >= 0.3 is 5.88 Å². The van der Waals surface area contributed by atoms with Crippen LogP contribution in [0.15, 0.2) is 57.6 Å². The number of nitro groups is 1. The molecule has 0 saturated heterocycles. The third-order valence-corrected chi connectivity index (χ3v) is 3.48. The number of hydrogen-bond acceptors (Lipinski definition) is 7. The van der Waals surface area contributed by atoms with Crippen LogP contribution in [-0.2, 0) is 9.59 Å². The summed E-state index contributed by atoms with van der Waals surface area (Å²) in [4.78, 5) is 34.6. The number of amides is 2. The highest BCUT2D eigenvalue weighted by molar-refractivity contribution is 6.29. The van der Waals surface area contributed by atoms with Crippen molar-refractivity contribution in [3.8, 4) is 5.75 Å². The van der Waals surface area contributed by atoms with Gasteiger partial charge in [-0.1, -0.05) is 18.2 Å². The summed E-state index contributed by atoms with van der Waals surface area (Å²) in [5.74, 6) is -1.12. The number of carbonyl (C=O) groups excluding carboxylic acids is 2. The number of para-hydroxylation sites is 1. The van der Waals surface area contributed by atoms with Crippen LogP contribution in [0, 0.1) is 10.1 Å². The van der Waals surface area contributed by atoms with Gasteiger partial charge in [-0.05, 0) is 31.2 Å². The fourth-order valence-corrected chi connectivity index (χ4v) is 2.24. The van der Waals surface area contributed by atoms with Crippen LogP contribution in [0.3, 0.4) is 0 Å². The van der Waals surface area contributed by atoms with E-state index >= 15 is 0 Å². The van der Waals surface area contributed by atoms with E-state index in [9.17, 15) is 19.7 Å². The van der Waals surface area contributed by atoms with E-state index in [4.69, 9.17) is 9.15 Å². The molecule has 2 amide bonds. The van der Waals surface area contributed by atoms with Crippen molar-refractivity contribution in [2.75, 3.05) is 6.61 Å². The van der Waals surface area contributed by atoms with Gasteiger partial charge in [0, 0.05) is 0 Å². The zero-order chi connectivity index (χ0) is 18.7. The largest absolute Gasteiger partial charge is 0.484 e. The van der Waals surface area contributed by atoms with Crippen LogP contribution in [0.1, 0.15) is 12.7 Å². The quantitative estimate of drug-likeness (QED) is 0.462. The lowest BCUT2D eigenvalue weighted by Crippen LogP contribution is -2.33. The topological polar surface area (TPSA) is 115 Å². The maximum absolute atomic E-state index is 12.4. The first-order valence-electron chi connectivity index (χ1n) is 7.52. The maximum Gasteiger partial charge on any atom is 0.433 e. The zero-order valence-corrected chi connectivity index (χ0v) is 13.6. The molecule has 26 heavy (non-hydrogen) atoms. The third-order valence-electron chi connectivity index (χ3n) is 3.48. The number of ether oxygens (including phenoxy) is 1. The van der Waals surface area contributed by atoms with E-state index in [2.05, 4.69) is 5.10 Å². The third kappa shape index (κ3) is 3.51. The second kappa shape index (κ2) is 7.01. The van der Waals surface area contributed by atoms with E-state index in [0.717, 1.165) is 0 Å². The number of hydrazone groups is 1. The first-order chi connectivity index (χ1) is 12.5. The fraction of sp³-hybridized carbons (Fsp3) is 0.118. The highest BCUT2D eigenvalue weighted by Crippen LogP contribution is 2.22. The number of imide groups is 1. The molecular weight excluding hydrogens is 342 g/mol. The predicted octanol–water partition coefficient (Wildman–Crippen LogP) is 2.39. The molecule has 1 aliphatic rings. The normalized spacial score (nSPS) is 15.3. The monoisotopic (exact) mass is 355 g/mol. The van der Waals surface area contributed by atoms with Crippen LogP contribution in [0.25, 0.3) is 6.08 Å². The van der Waals surface area contributed by atoms with Gasteiger partial charge in [0.2, 0.25) is 0 Å². The second-order valence-electron chi connectivity index (χ2n) is 5.29. The van der Waals surface area contributed by atoms with Gasteiger partial charge in [-0.15, -0.1) is 0 Å². The summed E-state index contributed by atoms with van der Waals surface area (Å²) in [6, 6.07) is 11.2. The molecule has 9 heteroatoms. The lowest BCUT2D eigenvalue weighted by molar-refractivity contribution is -0.402. The molecule has 1 aliphatic heterocycles. The standard InChI is InChI=1S/C17H13N3O6/c1-11-14(9-13-7-8-16(26-13)20(23)24)17(22)19(18-11)15(21)10-25-12-5-3-2-4-6-12/h2-9H,10H2,1H3/b14-9-. The summed E-state index contributed by atoms with van der Waals surface area (Å²) in [7, 11) is 0. The van der Waals surface area contributed by atoms with Crippen LogP contribution in [0.4, 0.5) is 5.88 Å². The summed E-state index contributed by atoms with van der Waals surface area (Å²) in [5, 5.41) is 15.3. The Kier molecular flexibility index (Phi) is 4.61. The van der Waals surface area contributed by atoms with Crippen LogP contribution in [0.2, 0.25) is 0 Å². The van der Waals surface area contributed by atoms with Gasteiger partial charge in [0.05, 0.1) is 17.4 Å². The second-order valence-corrected chi connectivity index (χ2v) is 5.29. The molecule has 0 bridgehead atoms. The number of furan rings is 1. The van der Waals surface area contributed by atoms with E-state index in [1.807, 2.05) is 6.07 Å². The smallest absolute Gasteiger partial charge is 0.433 e. The molecule has 0 unspecified atom stereocenters. The van der Waals surface area contributed by atoms with Crippen molar-refractivity contribution in [1.29, 1.82) is 0 Å². The minimum atomic E-state index is -0.684. The molecule has 0 atom stereocenters. The van der Waals surface area contributed by atoms with E-state index in [1.165, 1.54) is 18.2 Å². The number of rotatable bonds is 5. The molecule has 0 aliphatic carbocycles. The Morgan fingerprint density at radius 2 is 2.04 bits per heavy atom. The molecule has 132 valence electrons. The maximum atomic E-state index is 12.4. The van der Waals surface area contributed by atoms with Gasteiger partial charge in [-0.25, -0.2) is 0 Å². The minimum Gasteiger partial charge on any atom is -0.484 e. The Labute approximate surface area is 147 Å². The van der Waals surface area contributed by atoms with E-state index in [0.29, 0.717) is 16.5 Å². The summed E-state index contributed by atoms with van der Waals surface area (Å²) < 4.78 is 10.3. The molecule has 0 N–H and O–H groups in total. The van der Waals surface area contributed by atoms with E-state index in [-0.39, 0.29) is 17.9 Å². The lowest BCUT2D eigenvalue weighted by Gasteiger charge is -2.10. The van der Waals surface area contributed by atoms with Crippen molar-refractivity contribution >= 4 is 29.5 Å². The molecule has 0 saturated carbocycles. The van der Waals surface area contributed by atoms with Crippen molar-refractivity contribution < 1.29 is 23.7 Å². The molecule has 2 aromatic rings. The molecule has 0 spiro atoms. The van der Waals surface area contributed by atoms with Crippen molar-refractivity contribution in [1.82, 2.24) is 5.01 Å². The highest BCUT2D eigenvalue weighted by atomic mass is 16.6. The van der Waals surface area contributed by atoms with Gasteiger partial charge in [-0.3, -0.25) is 19.7 Å². The van der Waals surface area contributed by atoms with Gasteiger partial charge in [0.15, 0.2) is 6.61 Å². The van der Waals surface area contributed by atoms with Crippen LogP contribution in [-0.4, -0.2) is 34.1 Å². The van der Waals surface area contributed by atoms with Gasteiger partial charge in [0.1, 0.15) is 16.4 Å². The van der Waals surface area contributed by atoms with Crippen LogP contribution < -0.4 is 4.74 Å². The summed E-state index contributed by atoms with van der Waals surface area (Å²) in [5.41, 5.74) is 0.407. The number of carbonyl (C=O) groups is 2. The predicted molar refractivity (Wildman–Crippen MR) is 90.2 cm³/mol. The molecular formula is C17H13N3O6. The summed E-state index contributed by atoms with van der Waals surface area (Å²) in [6.07, 6.45) is 1.31. The summed E-state index contributed by atoms with van der Waals surface area (Å²) >= 11 is 0. The Bertz CT molecular complexity index is 929. The van der Waals surface area contributed by atoms with E-state index < -0.39 is 22.6 Å². The Hall–Kier alpha value is -3.75. The fourth-order valence-electron chi connectivity index (χ4n) is 2.24. The summed E-state index contributed by atoms with van der Waals surface area (Å²) in [6.45, 7) is 1.19. The van der Waals surface area contributed by atoms with Crippen molar-refractivity contribution in [3.05, 3.63) is 63.9 Å². The highest BCUT2D eigenvalue weighted by Gasteiger charge is 2.33. The average molecular weight is 355 g/mol. The Morgan fingerprint density at radius 3 is 2.69 bits per heavy atom. The number of hydrogen-bond donors (Lipinski definition) is 0. The molecule has 0 fully saturated rings. The van der Waals surface area contributed by atoms with Crippen molar-refractivity contribution in [2.24, 2.45) is 5.10 Å². The SMILES string of the molecule is CC1=NN(C(=O)COc2ccccc2)C(=O)/C1=C\c1ccc([N+](=O)[O-])o1. The van der Waals surface area contributed by atoms with Crippen LogP contribution in [0.5, 0.6) is 5.75 Å². The van der Waals surface area contributed by atoms with Crippen molar-refractivity contribution in [3.63, 3.8) is 0 Å². The molecule has 0 radical (unpaired) electrons. The van der Waals surface area contributed by atoms with Gasteiger partial charge < -0.3 is 9.15 Å². The molecule has 1 aromatic carbocycles. The van der Waals surface area contributed by atoms with Gasteiger partial charge in [0.25, 0.3) is 11.8 Å². The van der Waals surface area contributed by atoms with Crippen molar-refractivity contribution in [2.45, 2.75) is 6.92 Å². The average Bonchev–Trinajstić information content (AvgIpc) is 3.21. The lowest BCUT2D eigenvalue weighted by atomic mass is 10.1. The Morgan fingerprint density at radius 1 is 1.31 bits per heavy atom. The first kappa shape index (κ1) is 17.1. The molecule has 2 heterocycles. The van der Waals surface area contributed by atoms with Crippen LogP contribution >= 0.6 is 0 Å². The molecule has 3 rings (SSSR count). The Balaban J connectivity index is 1.71. The van der Waals surface area contributed by atoms with E-state index in [1.54, 1.807) is 31.2 Å². The van der Waals surface area contributed by atoms with Gasteiger partial charge in [-0.2, -0.15) is 10.1 Å². The molecule has 9 nitrogen and oxygen atoms in total. The number of nitrogens with zero attached hydrogens (tertiary/aromatic N) is 3. The molecule has 1 aromatic heterocycles. The first-order valence-corrected chi connectivity index (χ1v) is 7.52. The minimum absolute atomic E-state index is 0.113. The zero-order valence-electron chi connectivity index (χ0n) is 13.6.